The Kier molecular flexibility index (Phi) is 4.55. The van der Waals surface area contributed by atoms with Gasteiger partial charge in [-0.3, -0.25) is 0 Å². The van der Waals surface area contributed by atoms with Crippen LogP contribution in [0.15, 0.2) is 34.9 Å². The number of hydrogen-bond donors (Lipinski definition) is 1. The van der Waals surface area contributed by atoms with Gasteiger partial charge in [-0.05, 0) is 48.0 Å². The van der Waals surface area contributed by atoms with Gasteiger partial charge < -0.3 is 5.32 Å². The SMILES string of the molecule is CCCNCc1cnn(-c2ccccc2Br)c1C. The van der Waals surface area contributed by atoms with Crippen LogP contribution in [0.4, 0.5) is 0 Å². The fourth-order valence-electron chi connectivity index (χ4n) is 1.88. The van der Waals surface area contributed by atoms with Gasteiger partial charge in [0.2, 0.25) is 0 Å². The van der Waals surface area contributed by atoms with Gasteiger partial charge >= 0.3 is 0 Å². The smallest absolute Gasteiger partial charge is 0.0790 e. The quantitative estimate of drug-likeness (QED) is 0.858. The van der Waals surface area contributed by atoms with E-state index in [9.17, 15) is 0 Å². The summed E-state index contributed by atoms with van der Waals surface area (Å²) in [7, 11) is 0. The molecule has 1 N–H and O–H groups in total. The highest BCUT2D eigenvalue weighted by Gasteiger charge is 2.09. The molecule has 0 unspecified atom stereocenters. The molecule has 0 aliphatic rings. The second-order valence-electron chi connectivity index (χ2n) is 4.30. The summed E-state index contributed by atoms with van der Waals surface area (Å²) in [6.45, 7) is 6.20. The average molecular weight is 308 g/mol. The number of halogens is 1. The van der Waals surface area contributed by atoms with Crippen molar-refractivity contribution in [3.8, 4) is 5.69 Å². The summed E-state index contributed by atoms with van der Waals surface area (Å²) in [6, 6.07) is 8.13. The second kappa shape index (κ2) is 6.16. The van der Waals surface area contributed by atoms with Crippen molar-refractivity contribution in [3.05, 3.63) is 46.2 Å². The lowest BCUT2D eigenvalue weighted by atomic mass is 10.2. The van der Waals surface area contributed by atoms with E-state index in [1.54, 1.807) is 0 Å². The summed E-state index contributed by atoms with van der Waals surface area (Å²) < 4.78 is 3.04. The van der Waals surface area contributed by atoms with Crippen molar-refractivity contribution in [2.24, 2.45) is 0 Å². The molecule has 2 aromatic rings. The Hall–Kier alpha value is -1.13. The highest BCUT2D eigenvalue weighted by Crippen LogP contribution is 2.22. The molecule has 3 nitrogen and oxygen atoms in total. The van der Waals surface area contributed by atoms with Crippen LogP contribution in [0.3, 0.4) is 0 Å². The zero-order chi connectivity index (χ0) is 13.0. The lowest BCUT2D eigenvalue weighted by Gasteiger charge is -2.08. The molecule has 2 rings (SSSR count). The highest BCUT2D eigenvalue weighted by molar-refractivity contribution is 9.10. The molecular formula is C14H18BrN3. The zero-order valence-corrected chi connectivity index (χ0v) is 12.4. The molecular weight excluding hydrogens is 290 g/mol. The van der Waals surface area contributed by atoms with Crippen molar-refractivity contribution >= 4 is 15.9 Å². The number of nitrogens with one attached hydrogen (secondary N) is 1. The Bertz CT molecular complexity index is 520. The number of para-hydroxylation sites is 1. The highest BCUT2D eigenvalue weighted by atomic mass is 79.9. The first-order valence-corrected chi connectivity index (χ1v) is 7.02. The molecule has 0 bridgehead atoms. The lowest BCUT2D eigenvalue weighted by molar-refractivity contribution is 0.672. The molecule has 1 aromatic carbocycles. The summed E-state index contributed by atoms with van der Waals surface area (Å²) in [5.74, 6) is 0. The van der Waals surface area contributed by atoms with E-state index in [-0.39, 0.29) is 0 Å². The molecule has 0 spiro atoms. The molecule has 1 aromatic heterocycles. The molecule has 0 radical (unpaired) electrons. The molecule has 0 aliphatic heterocycles. The Balaban J connectivity index is 2.23. The van der Waals surface area contributed by atoms with Gasteiger partial charge in [0.05, 0.1) is 11.9 Å². The van der Waals surface area contributed by atoms with Crippen molar-refractivity contribution in [3.63, 3.8) is 0 Å². The molecule has 1 heterocycles. The maximum atomic E-state index is 4.47. The van der Waals surface area contributed by atoms with Crippen LogP contribution in [0.2, 0.25) is 0 Å². The lowest BCUT2D eigenvalue weighted by Crippen LogP contribution is -2.14. The van der Waals surface area contributed by atoms with E-state index in [1.807, 2.05) is 29.1 Å². The normalized spacial score (nSPS) is 10.8. The van der Waals surface area contributed by atoms with E-state index >= 15 is 0 Å². The van der Waals surface area contributed by atoms with E-state index in [4.69, 9.17) is 0 Å². The molecule has 0 saturated carbocycles. The Morgan fingerprint density at radius 1 is 1.33 bits per heavy atom. The predicted molar refractivity (Wildman–Crippen MR) is 78.0 cm³/mol. The van der Waals surface area contributed by atoms with Crippen LogP contribution in [0, 0.1) is 6.92 Å². The zero-order valence-electron chi connectivity index (χ0n) is 10.8. The van der Waals surface area contributed by atoms with Crippen molar-refractivity contribution < 1.29 is 0 Å². The molecule has 0 atom stereocenters. The Morgan fingerprint density at radius 3 is 2.83 bits per heavy atom. The topological polar surface area (TPSA) is 29.9 Å². The second-order valence-corrected chi connectivity index (χ2v) is 5.15. The largest absolute Gasteiger partial charge is 0.313 e. The van der Waals surface area contributed by atoms with Crippen LogP contribution in [0.1, 0.15) is 24.6 Å². The maximum Gasteiger partial charge on any atom is 0.0790 e. The number of aromatic nitrogens is 2. The molecule has 18 heavy (non-hydrogen) atoms. The molecule has 0 fully saturated rings. The molecule has 4 heteroatoms. The summed E-state index contributed by atoms with van der Waals surface area (Å²) in [5, 5.41) is 7.88. The number of nitrogens with zero attached hydrogens (tertiary/aromatic N) is 2. The fourth-order valence-corrected chi connectivity index (χ4v) is 2.34. The fraction of sp³-hybridized carbons (Fsp3) is 0.357. The number of rotatable bonds is 5. The maximum absolute atomic E-state index is 4.47. The van der Waals surface area contributed by atoms with Gasteiger partial charge in [0.25, 0.3) is 0 Å². The minimum Gasteiger partial charge on any atom is -0.313 e. The average Bonchev–Trinajstić information content (AvgIpc) is 2.72. The van der Waals surface area contributed by atoms with E-state index in [1.165, 1.54) is 11.3 Å². The van der Waals surface area contributed by atoms with Crippen molar-refractivity contribution in [1.82, 2.24) is 15.1 Å². The molecule has 0 saturated heterocycles. The Labute approximate surface area is 116 Å². The van der Waals surface area contributed by atoms with Crippen LogP contribution in [0.5, 0.6) is 0 Å². The number of hydrogen-bond acceptors (Lipinski definition) is 2. The van der Waals surface area contributed by atoms with E-state index in [0.29, 0.717) is 0 Å². The first-order chi connectivity index (χ1) is 8.74. The van der Waals surface area contributed by atoms with Crippen molar-refractivity contribution in [1.29, 1.82) is 0 Å². The van der Waals surface area contributed by atoms with Gasteiger partial charge in [-0.15, -0.1) is 0 Å². The van der Waals surface area contributed by atoms with Gasteiger partial charge in [0.1, 0.15) is 0 Å². The van der Waals surface area contributed by atoms with Crippen molar-refractivity contribution in [2.75, 3.05) is 6.54 Å². The molecule has 96 valence electrons. The van der Waals surface area contributed by atoms with Gasteiger partial charge in [-0.1, -0.05) is 19.1 Å². The van der Waals surface area contributed by atoms with Crippen LogP contribution >= 0.6 is 15.9 Å². The summed E-state index contributed by atoms with van der Waals surface area (Å²) in [6.07, 6.45) is 3.09. The summed E-state index contributed by atoms with van der Waals surface area (Å²) in [5.41, 5.74) is 3.52. The Morgan fingerprint density at radius 2 is 2.11 bits per heavy atom. The van der Waals surface area contributed by atoms with Gasteiger partial charge in [-0.25, -0.2) is 4.68 Å². The summed E-state index contributed by atoms with van der Waals surface area (Å²) in [4.78, 5) is 0. The summed E-state index contributed by atoms with van der Waals surface area (Å²) >= 11 is 3.56. The van der Waals surface area contributed by atoms with E-state index < -0.39 is 0 Å². The third-order valence-corrected chi connectivity index (χ3v) is 3.60. The monoisotopic (exact) mass is 307 g/mol. The van der Waals surface area contributed by atoms with Gasteiger partial charge in [-0.2, -0.15) is 5.10 Å². The third kappa shape index (κ3) is 2.82. The van der Waals surface area contributed by atoms with Gasteiger partial charge in [0, 0.05) is 22.3 Å². The molecule has 0 aliphatic carbocycles. The molecule has 0 amide bonds. The van der Waals surface area contributed by atoms with Gasteiger partial charge in [0.15, 0.2) is 0 Å². The van der Waals surface area contributed by atoms with E-state index in [2.05, 4.69) is 46.3 Å². The third-order valence-electron chi connectivity index (χ3n) is 2.93. The first kappa shape index (κ1) is 13.3. The van der Waals surface area contributed by atoms with E-state index in [0.717, 1.165) is 29.7 Å². The first-order valence-electron chi connectivity index (χ1n) is 6.23. The van der Waals surface area contributed by atoms with Crippen LogP contribution in [-0.4, -0.2) is 16.3 Å². The van der Waals surface area contributed by atoms with Crippen LogP contribution in [0.25, 0.3) is 5.69 Å². The minimum atomic E-state index is 0.879. The predicted octanol–water partition coefficient (Wildman–Crippen LogP) is 3.44. The van der Waals surface area contributed by atoms with Crippen molar-refractivity contribution in [2.45, 2.75) is 26.8 Å². The minimum absolute atomic E-state index is 0.879. The van der Waals surface area contributed by atoms with Crippen LogP contribution in [-0.2, 0) is 6.54 Å². The number of benzene rings is 1. The van der Waals surface area contributed by atoms with Crippen LogP contribution < -0.4 is 5.32 Å². The standard InChI is InChI=1S/C14H18BrN3/c1-3-8-16-9-12-10-17-18(11(12)2)14-7-5-4-6-13(14)15/h4-7,10,16H,3,8-9H2,1-2H3.